The molecule has 1 aromatic carbocycles. The van der Waals surface area contributed by atoms with Crippen molar-refractivity contribution in [2.24, 2.45) is 5.10 Å². The topological polar surface area (TPSA) is 50.4 Å². The molecule has 8 heteroatoms. The van der Waals surface area contributed by atoms with Gasteiger partial charge in [0.2, 0.25) is 0 Å². The Morgan fingerprint density at radius 2 is 1.92 bits per heavy atom. The number of halogens is 4. The first-order chi connectivity index (χ1) is 11.9. The van der Waals surface area contributed by atoms with E-state index in [1.807, 2.05) is 0 Å². The van der Waals surface area contributed by atoms with Gasteiger partial charge in [-0.3, -0.25) is 5.43 Å². The number of benzene rings is 1. The molecule has 0 spiro atoms. The second kappa shape index (κ2) is 6.76. The Morgan fingerprint density at radius 1 is 1.08 bits per heavy atom. The normalized spacial score (nSPS) is 11.8. The summed E-state index contributed by atoms with van der Waals surface area (Å²) in [5.41, 5.74) is 2.24. The van der Waals surface area contributed by atoms with E-state index in [1.165, 1.54) is 24.4 Å². The van der Waals surface area contributed by atoms with Crippen molar-refractivity contribution in [1.29, 1.82) is 0 Å². The number of nitrogens with one attached hydrogen (secondary N) is 1. The highest BCUT2D eigenvalue weighted by molar-refractivity contribution is 5.78. The van der Waals surface area contributed by atoms with Crippen LogP contribution in [0, 0.1) is 5.82 Å². The standard InChI is InChI=1S/C17H11F4N3O/c18-13-3-1-2-11(8-13)15-6-5-14(25-15)10-23-24-16-7-4-12(9-22-16)17(19,20)21/h1-10H,(H,22,24)/b23-10+. The van der Waals surface area contributed by atoms with Gasteiger partial charge in [-0.05, 0) is 36.4 Å². The van der Waals surface area contributed by atoms with Gasteiger partial charge in [0, 0.05) is 11.8 Å². The molecule has 25 heavy (non-hydrogen) atoms. The fraction of sp³-hybridized carbons (Fsp3) is 0.0588. The molecule has 0 unspecified atom stereocenters. The molecule has 1 N–H and O–H groups in total. The van der Waals surface area contributed by atoms with E-state index in [9.17, 15) is 17.6 Å². The fourth-order valence-corrected chi connectivity index (χ4v) is 2.01. The van der Waals surface area contributed by atoms with Crippen molar-refractivity contribution in [2.45, 2.75) is 6.18 Å². The molecule has 3 rings (SSSR count). The van der Waals surface area contributed by atoms with Crippen LogP contribution in [0.15, 0.2) is 64.2 Å². The third-order valence-corrected chi connectivity index (χ3v) is 3.20. The fourth-order valence-electron chi connectivity index (χ4n) is 2.01. The summed E-state index contributed by atoms with van der Waals surface area (Å²) in [5, 5.41) is 3.84. The Balaban J connectivity index is 1.65. The molecule has 0 aliphatic heterocycles. The number of alkyl halides is 3. The molecule has 0 amide bonds. The number of anilines is 1. The highest BCUT2D eigenvalue weighted by Gasteiger charge is 2.30. The number of rotatable bonds is 4. The molecular weight excluding hydrogens is 338 g/mol. The molecule has 0 fully saturated rings. The van der Waals surface area contributed by atoms with Crippen LogP contribution in [-0.2, 0) is 6.18 Å². The molecule has 0 bridgehead atoms. The molecule has 0 aliphatic carbocycles. The molecule has 0 saturated heterocycles. The van der Waals surface area contributed by atoms with Gasteiger partial charge in [-0.2, -0.15) is 18.3 Å². The van der Waals surface area contributed by atoms with Crippen molar-refractivity contribution < 1.29 is 22.0 Å². The zero-order chi connectivity index (χ0) is 17.9. The summed E-state index contributed by atoms with van der Waals surface area (Å²) in [4.78, 5) is 3.62. The molecule has 0 aliphatic rings. The van der Waals surface area contributed by atoms with Gasteiger partial charge < -0.3 is 4.42 Å². The monoisotopic (exact) mass is 349 g/mol. The first kappa shape index (κ1) is 16.7. The van der Waals surface area contributed by atoms with Gasteiger partial charge in [0.1, 0.15) is 23.2 Å². The number of aromatic nitrogens is 1. The predicted molar refractivity (Wildman–Crippen MR) is 84.6 cm³/mol. The Bertz CT molecular complexity index is 885. The maximum Gasteiger partial charge on any atom is 0.417 e. The van der Waals surface area contributed by atoms with Gasteiger partial charge in [0.15, 0.2) is 0 Å². The number of hydrazone groups is 1. The second-order valence-electron chi connectivity index (χ2n) is 5.01. The second-order valence-corrected chi connectivity index (χ2v) is 5.01. The number of pyridine rings is 1. The van der Waals surface area contributed by atoms with Crippen LogP contribution < -0.4 is 5.43 Å². The van der Waals surface area contributed by atoms with E-state index in [4.69, 9.17) is 4.42 Å². The first-order valence-electron chi connectivity index (χ1n) is 7.10. The quantitative estimate of drug-likeness (QED) is 0.412. The molecule has 2 aromatic heterocycles. The lowest BCUT2D eigenvalue weighted by Crippen LogP contribution is -2.05. The molecule has 0 atom stereocenters. The lowest BCUT2D eigenvalue weighted by atomic mass is 10.2. The van der Waals surface area contributed by atoms with E-state index in [-0.39, 0.29) is 11.6 Å². The van der Waals surface area contributed by atoms with Gasteiger partial charge in [-0.25, -0.2) is 9.37 Å². The highest BCUT2D eigenvalue weighted by Crippen LogP contribution is 2.28. The van der Waals surface area contributed by atoms with Crippen molar-refractivity contribution in [3.05, 3.63) is 71.9 Å². The summed E-state index contributed by atoms with van der Waals surface area (Å²) in [6.07, 6.45) is -2.38. The predicted octanol–water partition coefficient (Wildman–Crippen LogP) is 4.95. The summed E-state index contributed by atoms with van der Waals surface area (Å²) in [5.74, 6) is 0.632. The van der Waals surface area contributed by atoms with E-state index in [1.54, 1.807) is 24.3 Å². The van der Waals surface area contributed by atoms with Crippen LogP contribution in [0.2, 0.25) is 0 Å². The van der Waals surface area contributed by atoms with Crippen LogP contribution in [0.3, 0.4) is 0 Å². The van der Waals surface area contributed by atoms with Crippen LogP contribution >= 0.6 is 0 Å². The number of hydrogen-bond donors (Lipinski definition) is 1. The Labute approximate surface area is 139 Å². The number of hydrogen-bond acceptors (Lipinski definition) is 4. The maximum absolute atomic E-state index is 13.2. The van der Waals surface area contributed by atoms with Crippen molar-refractivity contribution in [3.8, 4) is 11.3 Å². The summed E-state index contributed by atoms with van der Waals surface area (Å²) < 4.78 is 56.0. The third kappa shape index (κ3) is 4.23. The van der Waals surface area contributed by atoms with E-state index < -0.39 is 11.7 Å². The molecular formula is C17H11F4N3O. The summed E-state index contributed by atoms with van der Waals surface area (Å²) >= 11 is 0. The van der Waals surface area contributed by atoms with Crippen LogP contribution in [0.25, 0.3) is 11.3 Å². The highest BCUT2D eigenvalue weighted by atomic mass is 19.4. The molecule has 2 heterocycles. The van der Waals surface area contributed by atoms with Crippen LogP contribution in [-0.4, -0.2) is 11.2 Å². The van der Waals surface area contributed by atoms with E-state index >= 15 is 0 Å². The maximum atomic E-state index is 13.2. The molecule has 3 aromatic rings. The van der Waals surface area contributed by atoms with E-state index in [2.05, 4.69) is 15.5 Å². The Hall–Kier alpha value is -3.16. The van der Waals surface area contributed by atoms with Crippen molar-refractivity contribution in [3.63, 3.8) is 0 Å². The zero-order valence-electron chi connectivity index (χ0n) is 12.6. The average Bonchev–Trinajstić information content (AvgIpc) is 3.03. The van der Waals surface area contributed by atoms with E-state index in [0.717, 1.165) is 6.07 Å². The molecule has 0 radical (unpaired) electrons. The minimum Gasteiger partial charge on any atom is -0.455 e. The summed E-state index contributed by atoms with van der Waals surface area (Å²) in [7, 11) is 0. The van der Waals surface area contributed by atoms with Crippen LogP contribution in [0.1, 0.15) is 11.3 Å². The largest absolute Gasteiger partial charge is 0.455 e. The molecule has 0 saturated carbocycles. The Morgan fingerprint density at radius 3 is 2.60 bits per heavy atom. The van der Waals surface area contributed by atoms with Gasteiger partial charge >= 0.3 is 6.18 Å². The van der Waals surface area contributed by atoms with Gasteiger partial charge in [0.25, 0.3) is 0 Å². The van der Waals surface area contributed by atoms with Gasteiger partial charge in [0.05, 0.1) is 11.8 Å². The third-order valence-electron chi connectivity index (χ3n) is 3.20. The minimum atomic E-state index is -4.43. The first-order valence-corrected chi connectivity index (χ1v) is 7.10. The summed E-state index contributed by atoms with van der Waals surface area (Å²) in [6.45, 7) is 0. The number of furan rings is 1. The lowest BCUT2D eigenvalue weighted by Gasteiger charge is -2.06. The van der Waals surface area contributed by atoms with Gasteiger partial charge in [-0.15, -0.1) is 0 Å². The summed E-state index contributed by atoms with van der Waals surface area (Å²) in [6, 6.07) is 11.3. The van der Waals surface area contributed by atoms with Gasteiger partial charge in [-0.1, -0.05) is 12.1 Å². The lowest BCUT2D eigenvalue weighted by molar-refractivity contribution is -0.137. The number of nitrogens with zero attached hydrogens (tertiary/aromatic N) is 2. The van der Waals surface area contributed by atoms with E-state index in [0.29, 0.717) is 23.3 Å². The van der Waals surface area contributed by atoms with Crippen LogP contribution in [0.4, 0.5) is 23.4 Å². The minimum absolute atomic E-state index is 0.154. The SMILES string of the molecule is Fc1cccc(-c2ccc(/C=N/Nc3ccc(C(F)(F)F)cn3)o2)c1. The van der Waals surface area contributed by atoms with Crippen molar-refractivity contribution in [1.82, 2.24) is 4.98 Å². The zero-order valence-corrected chi connectivity index (χ0v) is 12.6. The Kier molecular flexibility index (Phi) is 4.51. The van der Waals surface area contributed by atoms with Crippen molar-refractivity contribution in [2.75, 3.05) is 5.43 Å². The van der Waals surface area contributed by atoms with Crippen molar-refractivity contribution >= 4 is 12.0 Å². The smallest absolute Gasteiger partial charge is 0.417 e. The average molecular weight is 349 g/mol. The molecule has 128 valence electrons. The van der Waals surface area contributed by atoms with Crippen LogP contribution in [0.5, 0.6) is 0 Å². The molecule has 4 nitrogen and oxygen atoms in total.